The van der Waals surface area contributed by atoms with Gasteiger partial charge in [0.2, 0.25) is 17.7 Å². The van der Waals surface area contributed by atoms with Crippen LogP contribution in [0.2, 0.25) is 0 Å². The van der Waals surface area contributed by atoms with E-state index in [0.29, 0.717) is 25.9 Å². The molecule has 0 heterocycles. The molecule has 0 radical (unpaired) electrons. The maximum atomic E-state index is 12.3. The van der Waals surface area contributed by atoms with Gasteiger partial charge >= 0.3 is 0 Å². The molecule has 0 aliphatic heterocycles. The number of carbonyl (C=O) groups is 3. The standard InChI is InChI=1S/C17H33N3O5/c1-4-5-7-11-19-17(23)14(20-16(22)13-25-3)9-6-8-10-18-15(21)12-24-2/h14H,4-13H2,1-3H3,(H,18,21)(H,19,23)(H,20,22). The van der Waals surface area contributed by atoms with Crippen LogP contribution in [0.15, 0.2) is 0 Å². The third-order valence-corrected chi connectivity index (χ3v) is 3.52. The van der Waals surface area contributed by atoms with E-state index in [4.69, 9.17) is 9.47 Å². The highest BCUT2D eigenvalue weighted by molar-refractivity contribution is 5.87. The smallest absolute Gasteiger partial charge is 0.246 e. The van der Waals surface area contributed by atoms with Gasteiger partial charge in [0.1, 0.15) is 19.3 Å². The predicted octanol–water partition coefficient (Wildman–Crippen LogP) is 0.357. The molecule has 8 heteroatoms. The summed E-state index contributed by atoms with van der Waals surface area (Å²) in [6, 6.07) is -0.584. The lowest BCUT2D eigenvalue weighted by atomic mass is 10.1. The molecule has 1 atom stereocenters. The number of hydrogen-bond donors (Lipinski definition) is 3. The largest absolute Gasteiger partial charge is 0.375 e. The average Bonchev–Trinajstić information content (AvgIpc) is 2.57. The van der Waals surface area contributed by atoms with Crippen LogP contribution in [0, 0.1) is 0 Å². The summed E-state index contributed by atoms with van der Waals surface area (Å²) in [5.74, 6) is -0.658. The van der Waals surface area contributed by atoms with E-state index < -0.39 is 6.04 Å². The van der Waals surface area contributed by atoms with E-state index >= 15 is 0 Å². The van der Waals surface area contributed by atoms with Gasteiger partial charge in [0.05, 0.1) is 0 Å². The molecule has 25 heavy (non-hydrogen) atoms. The van der Waals surface area contributed by atoms with E-state index in [-0.39, 0.29) is 30.9 Å². The molecule has 0 spiro atoms. The first-order valence-corrected chi connectivity index (χ1v) is 8.86. The van der Waals surface area contributed by atoms with Gasteiger partial charge in [0, 0.05) is 27.3 Å². The van der Waals surface area contributed by atoms with Crippen LogP contribution in [0.5, 0.6) is 0 Å². The molecule has 0 aromatic heterocycles. The molecule has 0 aliphatic carbocycles. The summed E-state index contributed by atoms with van der Waals surface area (Å²) in [5, 5.41) is 8.28. The Hall–Kier alpha value is -1.67. The normalized spacial score (nSPS) is 11.6. The van der Waals surface area contributed by atoms with Crippen LogP contribution in [0.3, 0.4) is 0 Å². The van der Waals surface area contributed by atoms with Crippen molar-refractivity contribution in [2.45, 2.75) is 51.5 Å². The monoisotopic (exact) mass is 359 g/mol. The summed E-state index contributed by atoms with van der Waals surface area (Å²) >= 11 is 0. The Kier molecular flexibility index (Phi) is 14.8. The number of carbonyl (C=O) groups excluding carboxylic acids is 3. The van der Waals surface area contributed by atoms with Crippen molar-refractivity contribution in [2.24, 2.45) is 0 Å². The maximum absolute atomic E-state index is 12.3. The minimum atomic E-state index is -0.584. The Bertz CT molecular complexity index is 390. The molecular weight excluding hydrogens is 326 g/mol. The number of hydrogen-bond acceptors (Lipinski definition) is 5. The van der Waals surface area contributed by atoms with Crippen LogP contribution in [0.25, 0.3) is 0 Å². The molecular formula is C17H33N3O5. The molecule has 0 saturated carbocycles. The van der Waals surface area contributed by atoms with Gasteiger partial charge in [-0.15, -0.1) is 0 Å². The van der Waals surface area contributed by atoms with E-state index in [1.807, 2.05) is 0 Å². The summed E-state index contributed by atoms with van der Waals surface area (Å²) in [6.07, 6.45) is 4.99. The first-order valence-electron chi connectivity index (χ1n) is 8.86. The molecule has 0 aliphatic rings. The molecule has 1 unspecified atom stereocenters. The van der Waals surface area contributed by atoms with E-state index in [1.165, 1.54) is 14.2 Å². The van der Waals surface area contributed by atoms with Crippen molar-refractivity contribution in [3.63, 3.8) is 0 Å². The van der Waals surface area contributed by atoms with Gasteiger partial charge in [-0.2, -0.15) is 0 Å². The minimum Gasteiger partial charge on any atom is -0.375 e. The topological polar surface area (TPSA) is 106 Å². The lowest BCUT2D eigenvalue weighted by Gasteiger charge is -2.18. The lowest BCUT2D eigenvalue weighted by Crippen LogP contribution is -2.48. The predicted molar refractivity (Wildman–Crippen MR) is 95.1 cm³/mol. The van der Waals surface area contributed by atoms with Crippen molar-refractivity contribution in [1.82, 2.24) is 16.0 Å². The second-order valence-corrected chi connectivity index (χ2v) is 5.83. The lowest BCUT2D eigenvalue weighted by molar-refractivity contribution is -0.131. The minimum absolute atomic E-state index is 0.0376. The molecule has 146 valence electrons. The average molecular weight is 359 g/mol. The molecule has 0 bridgehead atoms. The number of methoxy groups -OCH3 is 2. The first-order chi connectivity index (χ1) is 12.0. The fraction of sp³-hybridized carbons (Fsp3) is 0.824. The van der Waals surface area contributed by atoms with Crippen molar-refractivity contribution >= 4 is 17.7 Å². The van der Waals surface area contributed by atoms with Crippen LogP contribution in [-0.4, -0.2) is 64.3 Å². The number of nitrogens with one attached hydrogen (secondary N) is 3. The van der Waals surface area contributed by atoms with Crippen molar-refractivity contribution in [3.8, 4) is 0 Å². The number of unbranched alkanes of at least 4 members (excludes halogenated alkanes) is 3. The number of amides is 3. The highest BCUT2D eigenvalue weighted by Gasteiger charge is 2.19. The highest BCUT2D eigenvalue weighted by Crippen LogP contribution is 2.02. The van der Waals surface area contributed by atoms with E-state index in [1.54, 1.807) is 0 Å². The van der Waals surface area contributed by atoms with Crippen LogP contribution in [-0.2, 0) is 23.9 Å². The first kappa shape index (κ1) is 23.3. The zero-order valence-electron chi connectivity index (χ0n) is 15.7. The van der Waals surface area contributed by atoms with Gasteiger partial charge in [0.15, 0.2) is 0 Å². The van der Waals surface area contributed by atoms with Gasteiger partial charge in [-0.05, 0) is 25.7 Å². The van der Waals surface area contributed by atoms with Crippen molar-refractivity contribution in [3.05, 3.63) is 0 Å². The summed E-state index contributed by atoms with van der Waals surface area (Å²) in [6.45, 7) is 3.18. The number of rotatable bonds is 15. The molecule has 0 rings (SSSR count). The fourth-order valence-electron chi connectivity index (χ4n) is 2.23. The molecule has 3 amide bonds. The van der Waals surface area contributed by atoms with Gasteiger partial charge < -0.3 is 25.4 Å². The van der Waals surface area contributed by atoms with E-state index in [9.17, 15) is 14.4 Å². The highest BCUT2D eigenvalue weighted by atomic mass is 16.5. The SMILES string of the molecule is CCCCCNC(=O)C(CCCCNC(=O)COC)NC(=O)COC. The summed E-state index contributed by atoms with van der Waals surface area (Å²) in [4.78, 5) is 35.2. The Balaban J connectivity index is 4.22. The zero-order chi connectivity index (χ0) is 18.9. The fourth-order valence-corrected chi connectivity index (χ4v) is 2.23. The van der Waals surface area contributed by atoms with Crippen LogP contribution in [0.4, 0.5) is 0 Å². The third kappa shape index (κ3) is 13.3. The summed E-state index contributed by atoms with van der Waals surface area (Å²) in [7, 11) is 2.90. The Labute approximate surface area is 150 Å². The third-order valence-electron chi connectivity index (χ3n) is 3.52. The van der Waals surface area contributed by atoms with Crippen LogP contribution in [0.1, 0.15) is 45.4 Å². The van der Waals surface area contributed by atoms with Crippen LogP contribution >= 0.6 is 0 Å². The van der Waals surface area contributed by atoms with Crippen molar-refractivity contribution < 1.29 is 23.9 Å². The van der Waals surface area contributed by atoms with Gasteiger partial charge in [-0.3, -0.25) is 14.4 Å². The molecule has 0 aromatic rings. The van der Waals surface area contributed by atoms with Crippen molar-refractivity contribution in [1.29, 1.82) is 0 Å². The van der Waals surface area contributed by atoms with Gasteiger partial charge in [-0.25, -0.2) is 0 Å². The maximum Gasteiger partial charge on any atom is 0.246 e. The second-order valence-electron chi connectivity index (χ2n) is 5.83. The van der Waals surface area contributed by atoms with E-state index in [2.05, 4.69) is 22.9 Å². The molecule has 0 fully saturated rings. The Morgan fingerprint density at radius 2 is 1.44 bits per heavy atom. The van der Waals surface area contributed by atoms with Gasteiger partial charge in [0.25, 0.3) is 0 Å². The molecule has 3 N–H and O–H groups in total. The van der Waals surface area contributed by atoms with Crippen molar-refractivity contribution in [2.75, 3.05) is 40.5 Å². The molecule has 0 saturated heterocycles. The molecule has 8 nitrogen and oxygen atoms in total. The number of ether oxygens (including phenoxy) is 2. The summed E-state index contributed by atoms with van der Waals surface area (Å²) < 4.78 is 9.51. The zero-order valence-corrected chi connectivity index (χ0v) is 15.7. The Morgan fingerprint density at radius 1 is 0.840 bits per heavy atom. The second kappa shape index (κ2) is 15.8. The summed E-state index contributed by atoms with van der Waals surface area (Å²) in [5.41, 5.74) is 0. The molecule has 0 aromatic carbocycles. The quantitative estimate of drug-likeness (QED) is 0.366. The van der Waals surface area contributed by atoms with Gasteiger partial charge in [-0.1, -0.05) is 19.8 Å². The Morgan fingerprint density at radius 3 is 2.08 bits per heavy atom. The van der Waals surface area contributed by atoms with Crippen LogP contribution < -0.4 is 16.0 Å². The van der Waals surface area contributed by atoms with E-state index in [0.717, 1.165) is 25.7 Å².